The van der Waals surface area contributed by atoms with Gasteiger partial charge in [-0.25, -0.2) is 9.59 Å². The molecule has 1 fully saturated rings. The molecule has 0 aromatic heterocycles. The Bertz CT molecular complexity index is 1610. The summed E-state index contributed by atoms with van der Waals surface area (Å²) in [5.74, 6) is -0.985. The number of aliphatic imine (C=N–C) groups is 1. The number of nitrogens with one attached hydrogen (secondary N) is 1. The molecule has 0 unspecified atom stereocenters. The number of nitro benzene ring substituents is 1. The molecule has 0 aliphatic carbocycles. The summed E-state index contributed by atoms with van der Waals surface area (Å²) in [6, 6.07) is 15.9. The Kier molecular flexibility index (Phi) is 8.44. The fourth-order valence-corrected chi connectivity index (χ4v) is 5.40. The van der Waals surface area contributed by atoms with Crippen LogP contribution in [0.3, 0.4) is 0 Å². The molecule has 0 bridgehead atoms. The number of rotatable bonds is 7. The molecule has 1 saturated heterocycles. The second kappa shape index (κ2) is 12.2. The summed E-state index contributed by atoms with van der Waals surface area (Å²) in [6.45, 7) is 3.98. The van der Waals surface area contributed by atoms with Crippen LogP contribution in [-0.2, 0) is 4.79 Å². The molecule has 13 heteroatoms. The Morgan fingerprint density at radius 2 is 1.77 bits per heavy atom. The number of hydrogen-bond donors (Lipinski definition) is 2. The number of carboxylic acid groups (broad SMARTS) is 1. The van der Waals surface area contributed by atoms with E-state index in [0.29, 0.717) is 11.1 Å². The lowest BCUT2D eigenvalue weighted by Gasteiger charge is -2.35. The third-order valence-electron chi connectivity index (χ3n) is 7.07. The van der Waals surface area contributed by atoms with Gasteiger partial charge < -0.3 is 20.1 Å². The summed E-state index contributed by atoms with van der Waals surface area (Å²) in [6.07, 6.45) is -0.348. The predicted octanol–water partition coefficient (Wildman–Crippen LogP) is 4.94. The monoisotopic (exact) mass is 649 g/mol. The number of non-ortho nitro benzene ring substituents is 1. The van der Waals surface area contributed by atoms with E-state index in [4.69, 9.17) is 9.73 Å². The van der Waals surface area contributed by atoms with Crippen molar-refractivity contribution in [2.75, 3.05) is 19.6 Å². The van der Waals surface area contributed by atoms with E-state index in [1.54, 1.807) is 26.0 Å². The number of ether oxygens (including phenoxy) is 1. The van der Waals surface area contributed by atoms with Gasteiger partial charge in [0.25, 0.3) is 5.69 Å². The number of carboxylic acids is 1. The van der Waals surface area contributed by atoms with Crippen LogP contribution in [0.4, 0.5) is 10.5 Å². The maximum atomic E-state index is 14.4. The molecule has 3 aromatic rings. The molecule has 2 heterocycles. The number of amides is 3. The summed E-state index contributed by atoms with van der Waals surface area (Å²) < 4.78 is 6.83. The fraction of sp³-hybridized carbons (Fsp3) is 0.267. The molecule has 0 radical (unpaired) electrons. The van der Waals surface area contributed by atoms with Crippen molar-refractivity contribution < 1.29 is 29.2 Å². The predicted molar refractivity (Wildman–Crippen MR) is 160 cm³/mol. The van der Waals surface area contributed by atoms with E-state index >= 15 is 0 Å². The summed E-state index contributed by atoms with van der Waals surface area (Å²) in [4.78, 5) is 57.3. The highest BCUT2D eigenvalue weighted by atomic mass is 79.9. The highest BCUT2D eigenvalue weighted by Crippen LogP contribution is 2.45. The average Bonchev–Trinajstić information content (AvgIpc) is 3.37. The molecule has 43 heavy (non-hydrogen) atoms. The number of nitro groups is 1. The Morgan fingerprint density at radius 1 is 1.09 bits per heavy atom. The van der Waals surface area contributed by atoms with Crippen molar-refractivity contribution in [1.29, 1.82) is 0 Å². The van der Waals surface area contributed by atoms with Gasteiger partial charge in [-0.3, -0.25) is 24.8 Å². The Balaban J connectivity index is 1.72. The molecular weight excluding hydrogens is 622 g/mol. The minimum absolute atomic E-state index is 0.0985. The molecular formula is C30H28BrN5O7. The number of carbonyl (C=O) groups is 3. The minimum atomic E-state index is -1.08. The molecule has 222 valence electrons. The van der Waals surface area contributed by atoms with E-state index in [2.05, 4.69) is 21.2 Å². The van der Waals surface area contributed by atoms with Gasteiger partial charge in [-0.1, -0.05) is 40.2 Å². The van der Waals surface area contributed by atoms with Crippen molar-refractivity contribution in [3.8, 4) is 5.75 Å². The Morgan fingerprint density at radius 3 is 2.37 bits per heavy atom. The van der Waals surface area contributed by atoms with Crippen LogP contribution in [0.15, 0.2) is 76.2 Å². The van der Waals surface area contributed by atoms with Gasteiger partial charge in [-0.2, -0.15) is 0 Å². The molecule has 12 nitrogen and oxygen atoms in total. The van der Waals surface area contributed by atoms with Crippen LogP contribution in [0.2, 0.25) is 0 Å². The van der Waals surface area contributed by atoms with Crippen LogP contribution in [0, 0.1) is 10.1 Å². The standard InChI is InChI=1S/C30H28BrN5O7/c1-17(2)43-24-15-22(36(41)42)11-12-23(24)28-33-26(18-3-5-20(6-4-18)29(38)39)27(19-7-9-21(31)10-8-19)35(28)30(40)34-14-13-32-25(37)16-34/h3-12,15,17,26-27H,13-14,16H2,1-2H3,(H,32,37)(H,38,39)/t26-,27+/m0/s1. The number of carbonyl (C=O) groups excluding carboxylic acids is 2. The lowest BCUT2D eigenvalue weighted by Crippen LogP contribution is -2.55. The Labute approximate surface area is 255 Å². The number of aromatic carboxylic acids is 1. The number of nitrogens with zero attached hydrogens (tertiary/aromatic N) is 4. The molecule has 3 aromatic carbocycles. The molecule has 2 N–H and O–H groups in total. The van der Waals surface area contributed by atoms with Gasteiger partial charge in [0, 0.05) is 23.6 Å². The third kappa shape index (κ3) is 6.21. The van der Waals surface area contributed by atoms with E-state index in [9.17, 15) is 29.6 Å². The largest absolute Gasteiger partial charge is 0.490 e. The highest BCUT2D eigenvalue weighted by molar-refractivity contribution is 9.10. The van der Waals surface area contributed by atoms with Gasteiger partial charge in [0.05, 0.1) is 34.3 Å². The number of benzene rings is 3. The topological polar surface area (TPSA) is 155 Å². The van der Waals surface area contributed by atoms with Crippen LogP contribution < -0.4 is 10.1 Å². The smallest absolute Gasteiger partial charge is 0.335 e. The zero-order valence-electron chi connectivity index (χ0n) is 23.3. The molecule has 5 rings (SSSR count). The van der Waals surface area contributed by atoms with Gasteiger partial charge in [0.1, 0.15) is 24.2 Å². The third-order valence-corrected chi connectivity index (χ3v) is 7.60. The van der Waals surface area contributed by atoms with Crippen LogP contribution in [0.5, 0.6) is 5.75 Å². The number of amidine groups is 1. The number of hydrogen-bond acceptors (Lipinski definition) is 7. The number of piperazine rings is 1. The second-order valence-corrected chi connectivity index (χ2v) is 11.3. The van der Waals surface area contributed by atoms with Gasteiger partial charge in [0.15, 0.2) is 0 Å². The number of urea groups is 1. The van der Waals surface area contributed by atoms with Gasteiger partial charge >= 0.3 is 12.0 Å². The zero-order chi connectivity index (χ0) is 30.8. The van der Waals surface area contributed by atoms with Crippen LogP contribution in [0.1, 0.15) is 53.0 Å². The van der Waals surface area contributed by atoms with Crippen LogP contribution >= 0.6 is 15.9 Å². The van der Waals surface area contributed by atoms with E-state index in [0.717, 1.165) is 10.0 Å². The Hall–Kier alpha value is -4.78. The van der Waals surface area contributed by atoms with Gasteiger partial charge in [-0.15, -0.1) is 0 Å². The summed E-state index contributed by atoms with van der Waals surface area (Å²) in [5.41, 5.74) is 1.66. The lowest BCUT2D eigenvalue weighted by atomic mass is 9.93. The normalized spacial score (nSPS) is 18.3. The first-order valence-electron chi connectivity index (χ1n) is 13.5. The summed E-state index contributed by atoms with van der Waals surface area (Å²) >= 11 is 3.46. The van der Waals surface area contributed by atoms with E-state index < -0.39 is 29.0 Å². The zero-order valence-corrected chi connectivity index (χ0v) is 24.9. The first-order chi connectivity index (χ1) is 20.5. The molecule has 3 amide bonds. The maximum Gasteiger partial charge on any atom is 0.335 e. The molecule has 0 spiro atoms. The van der Waals surface area contributed by atoms with Crippen molar-refractivity contribution in [3.05, 3.63) is 104 Å². The maximum absolute atomic E-state index is 14.4. The lowest BCUT2D eigenvalue weighted by molar-refractivity contribution is -0.384. The van der Waals surface area contributed by atoms with Crippen molar-refractivity contribution in [3.63, 3.8) is 0 Å². The van der Waals surface area contributed by atoms with Crippen molar-refractivity contribution in [1.82, 2.24) is 15.1 Å². The molecule has 2 aliphatic rings. The van der Waals surface area contributed by atoms with Crippen molar-refractivity contribution in [2.45, 2.75) is 32.0 Å². The first kappa shape index (κ1) is 29.7. The molecule has 2 aliphatic heterocycles. The van der Waals surface area contributed by atoms with E-state index in [-0.39, 0.29) is 54.5 Å². The number of halogens is 1. The SMILES string of the molecule is CC(C)Oc1cc([N+](=O)[O-])ccc1C1=N[C@@H](c2ccc(C(=O)O)cc2)[C@@H](c2ccc(Br)cc2)N1C(=O)N1CCNC(=O)C1. The first-order valence-corrected chi connectivity index (χ1v) is 14.3. The highest BCUT2D eigenvalue weighted by Gasteiger charge is 2.45. The van der Waals surface area contributed by atoms with E-state index in [1.807, 2.05) is 24.3 Å². The van der Waals surface area contributed by atoms with Crippen molar-refractivity contribution in [2.24, 2.45) is 4.99 Å². The minimum Gasteiger partial charge on any atom is -0.490 e. The van der Waals surface area contributed by atoms with Crippen LogP contribution in [0.25, 0.3) is 0 Å². The molecule has 0 saturated carbocycles. The van der Waals surface area contributed by atoms with Gasteiger partial charge in [0.2, 0.25) is 5.91 Å². The van der Waals surface area contributed by atoms with Gasteiger partial charge in [-0.05, 0) is 55.3 Å². The molecule has 2 atom stereocenters. The second-order valence-electron chi connectivity index (χ2n) is 10.3. The van der Waals surface area contributed by atoms with Crippen molar-refractivity contribution >= 4 is 45.4 Å². The quantitative estimate of drug-likeness (QED) is 0.271. The fourth-order valence-electron chi connectivity index (χ4n) is 5.13. The average molecular weight is 650 g/mol. The summed E-state index contributed by atoms with van der Waals surface area (Å²) in [5, 5.41) is 23.8. The van der Waals surface area contributed by atoms with Crippen LogP contribution in [-0.4, -0.2) is 69.3 Å². The van der Waals surface area contributed by atoms with E-state index in [1.165, 1.54) is 40.1 Å². The summed E-state index contributed by atoms with van der Waals surface area (Å²) in [7, 11) is 0.